The maximum absolute atomic E-state index is 9.05. The van der Waals surface area contributed by atoms with Crippen molar-refractivity contribution >= 4 is 5.69 Å². The lowest BCUT2D eigenvalue weighted by Crippen LogP contribution is -2.03. The number of rotatable bonds is 5. The standard InChI is InChI=1S/C16H17N5O/c1-12-2-7-15(8-16(12)21-11-18-19-20-21)17-9-13-3-5-14(10-22)6-4-13/h2-8,11,17,22H,9-10H2,1H3. The van der Waals surface area contributed by atoms with Crippen LogP contribution in [0.15, 0.2) is 48.8 Å². The molecule has 0 bridgehead atoms. The van der Waals surface area contributed by atoms with E-state index in [4.69, 9.17) is 5.11 Å². The van der Waals surface area contributed by atoms with Gasteiger partial charge in [0.05, 0.1) is 12.3 Å². The van der Waals surface area contributed by atoms with E-state index in [1.165, 1.54) is 0 Å². The van der Waals surface area contributed by atoms with Crippen LogP contribution in [-0.4, -0.2) is 25.3 Å². The number of aryl methyl sites for hydroxylation is 1. The summed E-state index contributed by atoms with van der Waals surface area (Å²) in [6.07, 6.45) is 1.58. The summed E-state index contributed by atoms with van der Waals surface area (Å²) in [5.41, 5.74) is 5.12. The molecule has 1 aromatic heterocycles. The van der Waals surface area contributed by atoms with Gasteiger partial charge in [-0.1, -0.05) is 30.3 Å². The fourth-order valence-corrected chi connectivity index (χ4v) is 2.20. The Labute approximate surface area is 128 Å². The van der Waals surface area contributed by atoms with Crippen LogP contribution in [0.2, 0.25) is 0 Å². The lowest BCUT2D eigenvalue weighted by atomic mass is 10.1. The van der Waals surface area contributed by atoms with Gasteiger partial charge in [0.2, 0.25) is 0 Å². The molecule has 0 aliphatic rings. The summed E-state index contributed by atoms with van der Waals surface area (Å²) >= 11 is 0. The molecule has 0 amide bonds. The predicted molar refractivity (Wildman–Crippen MR) is 83.6 cm³/mol. The molecule has 3 rings (SSSR count). The molecule has 112 valence electrons. The normalized spacial score (nSPS) is 10.6. The van der Waals surface area contributed by atoms with Crippen LogP contribution in [0.1, 0.15) is 16.7 Å². The van der Waals surface area contributed by atoms with Crippen molar-refractivity contribution in [2.75, 3.05) is 5.32 Å². The van der Waals surface area contributed by atoms with Crippen molar-refractivity contribution in [1.29, 1.82) is 0 Å². The van der Waals surface area contributed by atoms with Gasteiger partial charge in [0.25, 0.3) is 0 Å². The lowest BCUT2D eigenvalue weighted by Gasteiger charge is -2.10. The smallest absolute Gasteiger partial charge is 0.143 e. The Morgan fingerprint density at radius 3 is 2.55 bits per heavy atom. The van der Waals surface area contributed by atoms with E-state index in [0.29, 0.717) is 6.54 Å². The van der Waals surface area contributed by atoms with E-state index in [1.54, 1.807) is 11.0 Å². The van der Waals surface area contributed by atoms with Crippen molar-refractivity contribution in [3.63, 3.8) is 0 Å². The highest BCUT2D eigenvalue weighted by Gasteiger charge is 2.04. The van der Waals surface area contributed by atoms with Gasteiger partial charge in [-0.05, 0) is 46.2 Å². The van der Waals surface area contributed by atoms with Crippen molar-refractivity contribution in [1.82, 2.24) is 20.2 Å². The van der Waals surface area contributed by atoms with Crippen molar-refractivity contribution < 1.29 is 5.11 Å². The quantitative estimate of drug-likeness (QED) is 0.753. The molecular weight excluding hydrogens is 278 g/mol. The molecule has 2 aromatic carbocycles. The predicted octanol–water partition coefficient (Wildman–Crippen LogP) is 2.08. The average Bonchev–Trinajstić information content (AvgIpc) is 3.09. The largest absolute Gasteiger partial charge is 0.392 e. The molecule has 22 heavy (non-hydrogen) atoms. The second-order valence-corrected chi connectivity index (χ2v) is 5.08. The number of tetrazole rings is 1. The molecule has 6 nitrogen and oxygen atoms in total. The third-order valence-corrected chi connectivity index (χ3v) is 3.51. The Hall–Kier alpha value is -2.73. The van der Waals surface area contributed by atoms with Gasteiger partial charge >= 0.3 is 0 Å². The number of aromatic nitrogens is 4. The number of aliphatic hydroxyl groups excluding tert-OH is 1. The SMILES string of the molecule is Cc1ccc(NCc2ccc(CO)cc2)cc1-n1cnnn1. The highest BCUT2D eigenvalue weighted by Crippen LogP contribution is 2.19. The van der Waals surface area contributed by atoms with Crippen LogP contribution in [0.25, 0.3) is 5.69 Å². The number of aliphatic hydroxyl groups is 1. The second kappa shape index (κ2) is 6.36. The molecule has 0 saturated heterocycles. The van der Waals surface area contributed by atoms with Crippen LogP contribution in [0.4, 0.5) is 5.69 Å². The van der Waals surface area contributed by atoms with Gasteiger partial charge < -0.3 is 10.4 Å². The first-order valence-corrected chi connectivity index (χ1v) is 7.03. The Balaban J connectivity index is 1.74. The Morgan fingerprint density at radius 1 is 1.09 bits per heavy atom. The average molecular weight is 295 g/mol. The van der Waals surface area contributed by atoms with Crippen molar-refractivity contribution in [3.8, 4) is 5.69 Å². The molecule has 0 radical (unpaired) electrons. The van der Waals surface area contributed by atoms with E-state index in [2.05, 4.69) is 20.8 Å². The van der Waals surface area contributed by atoms with Gasteiger partial charge in [-0.3, -0.25) is 0 Å². The fraction of sp³-hybridized carbons (Fsp3) is 0.188. The Kier molecular flexibility index (Phi) is 4.11. The number of benzene rings is 2. The zero-order chi connectivity index (χ0) is 15.4. The molecule has 0 spiro atoms. The highest BCUT2D eigenvalue weighted by molar-refractivity contribution is 5.54. The van der Waals surface area contributed by atoms with E-state index < -0.39 is 0 Å². The minimum Gasteiger partial charge on any atom is -0.392 e. The summed E-state index contributed by atoms with van der Waals surface area (Å²) in [6.45, 7) is 2.80. The molecule has 0 aliphatic carbocycles. The third-order valence-electron chi connectivity index (χ3n) is 3.51. The number of nitrogens with zero attached hydrogens (tertiary/aromatic N) is 4. The van der Waals surface area contributed by atoms with Crippen molar-refractivity contribution in [3.05, 3.63) is 65.5 Å². The van der Waals surface area contributed by atoms with Crippen molar-refractivity contribution in [2.24, 2.45) is 0 Å². The van der Waals surface area contributed by atoms with Crippen LogP contribution in [0, 0.1) is 6.92 Å². The van der Waals surface area contributed by atoms with Gasteiger partial charge in [-0.2, -0.15) is 0 Å². The minimum atomic E-state index is 0.0704. The van der Waals surface area contributed by atoms with Gasteiger partial charge in [-0.25, -0.2) is 4.68 Å². The summed E-state index contributed by atoms with van der Waals surface area (Å²) in [5, 5.41) is 23.7. The molecule has 1 heterocycles. The van der Waals surface area contributed by atoms with Crippen molar-refractivity contribution in [2.45, 2.75) is 20.1 Å². The molecule has 3 aromatic rings. The van der Waals surface area contributed by atoms with Gasteiger partial charge in [-0.15, -0.1) is 5.10 Å². The molecule has 0 aliphatic heterocycles. The lowest BCUT2D eigenvalue weighted by molar-refractivity contribution is 0.282. The maximum atomic E-state index is 9.05. The second-order valence-electron chi connectivity index (χ2n) is 5.08. The maximum Gasteiger partial charge on any atom is 0.143 e. The van der Waals surface area contributed by atoms with Gasteiger partial charge in [0.15, 0.2) is 0 Å². The molecule has 0 fully saturated rings. The monoisotopic (exact) mass is 295 g/mol. The molecule has 0 saturated carbocycles. The fourth-order valence-electron chi connectivity index (χ4n) is 2.20. The van der Waals surface area contributed by atoms with Crippen LogP contribution in [0.3, 0.4) is 0 Å². The third kappa shape index (κ3) is 3.12. The highest BCUT2D eigenvalue weighted by atomic mass is 16.3. The van der Waals surface area contributed by atoms with Crippen LogP contribution >= 0.6 is 0 Å². The van der Waals surface area contributed by atoms with E-state index in [0.717, 1.165) is 28.1 Å². The first-order valence-electron chi connectivity index (χ1n) is 7.03. The summed E-state index contributed by atoms with van der Waals surface area (Å²) in [4.78, 5) is 0. The van der Waals surface area contributed by atoms with Gasteiger partial charge in [0.1, 0.15) is 6.33 Å². The van der Waals surface area contributed by atoms with E-state index in [1.807, 2.05) is 49.4 Å². The van der Waals surface area contributed by atoms with Gasteiger partial charge in [0, 0.05) is 12.2 Å². The van der Waals surface area contributed by atoms with E-state index in [9.17, 15) is 0 Å². The minimum absolute atomic E-state index is 0.0704. The van der Waals surface area contributed by atoms with Crippen LogP contribution in [-0.2, 0) is 13.2 Å². The topological polar surface area (TPSA) is 75.9 Å². The molecular formula is C16H17N5O. The first kappa shape index (κ1) is 14.2. The number of hydrogen-bond donors (Lipinski definition) is 2. The van der Waals surface area contributed by atoms with Crippen LogP contribution < -0.4 is 5.32 Å². The number of anilines is 1. The van der Waals surface area contributed by atoms with E-state index in [-0.39, 0.29) is 6.61 Å². The molecule has 0 unspecified atom stereocenters. The van der Waals surface area contributed by atoms with Crippen LogP contribution in [0.5, 0.6) is 0 Å². The zero-order valence-corrected chi connectivity index (χ0v) is 12.3. The summed E-state index contributed by atoms with van der Waals surface area (Å²) in [5.74, 6) is 0. The molecule has 6 heteroatoms. The molecule has 2 N–H and O–H groups in total. The Bertz CT molecular complexity index is 738. The summed E-state index contributed by atoms with van der Waals surface area (Å²) in [6, 6.07) is 14.0. The van der Waals surface area contributed by atoms with E-state index >= 15 is 0 Å². The zero-order valence-electron chi connectivity index (χ0n) is 12.3. The summed E-state index contributed by atoms with van der Waals surface area (Å²) < 4.78 is 1.65. The first-order chi connectivity index (χ1) is 10.8. The molecule has 0 atom stereocenters. The number of hydrogen-bond acceptors (Lipinski definition) is 5. The summed E-state index contributed by atoms with van der Waals surface area (Å²) in [7, 11) is 0. The Morgan fingerprint density at radius 2 is 1.86 bits per heavy atom. The number of nitrogens with one attached hydrogen (secondary N) is 1.